The fourth-order valence-corrected chi connectivity index (χ4v) is 2.69. The lowest BCUT2D eigenvalue weighted by atomic mass is 10.4. The molecule has 0 bridgehead atoms. The topological polar surface area (TPSA) is 55.6 Å². The monoisotopic (exact) mass is 285 g/mol. The van der Waals surface area contributed by atoms with E-state index in [1.807, 2.05) is 25.4 Å². The SMILES string of the molecule is CCNc1cnc(Cn2ccnc2-c2cccs2)cn1. The highest BCUT2D eigenvalue weighted by molar-refractivity contribution is 7.13. The highest BCUT2D eigenvalue weighted by Crippen LogP contribution is 2.23. The van der Waals surface area contributed by atoms with Crippen molar-refractivity contribution in [2.24, 2.45) is 0 Å². The van der Waals surface area contributed by atoms with E-state index in [1.165, 1.54) is 0 Å². The molecule has 3 aromatic heterocycles. The maximum Gasteiger partial charge on any atom is 0.150 e. The van der Waals surface area contributed by atoms with Crippen LogP contribution < -0.4 is 5.32 Å². The van der Waals surface area contributed by atoms with Crippen LogP contribution in [0.2, 0.25) is 0 Å². The maximum absolute atomic E-state index is 4.42. The van der Waals surface area contributed by atoms with Gasteiger partial charge in [-0.25, -0.2) is 9.97 Å². The third-order valence-electron chi connectivity index (χ3n) is 2.85. The van der Waals surface area contributed by atoms with Crippen LogP contribution in [-0.2, 0) is 6.54 Å². The van der Waals surface area contributed by atoms with Crippen molar-refractivity contribution in [1.29, 1.82) is 0 Å². The van der Waals surface area contributed by atoms with Gasteiger partial charge in [0.1, 0.15) is 11.6 Å². The Balaban J connectivity index is 1.80. The van der Waals surface area contributed by atoms with Gasteiger partial charge in [0.05, 0.1) is 29.5 Å². The smallest absolute Gasteiger partial charge is 0.150 e. The Morgan fingerprint density at radius 2 is 2.20 bits per heavy atom. The van der Waals surface area contributed by atoms with Crippen molar-refractivity contribution in [3.8, 4) is 10.7 Å². The number of nitrogens with zero attached hydrogens (tertiary/aromatic N) is 4. The average molecular weight is 285 g/mol. The molecule has 3 rings (SSSR count). The summed E-state index contributed by atoms with van der Waals surface area (Å²) in [6.45, 7) is 3.55. The van der Waals surface area contributed by atoms with Crippen LogP contribution in [0.1, 0.15) is 12.6 Å². The molecule has 0 atom stereocenters. The third kappa shape index (κ3) is 2.70. The molecule has 0 fully saturated rings. The molecule has 20 heavy (non-hydrogen) atoms. The molecule has 0 radical (unpaired) electrons. The Kier molecular flexibility index (Phi) is 3.73. The summed E-state index contributed by atoms with van der Waals surface area (Å²) in [7, 11) is 0. The average Bonchev–Trinajstić information content (AvgIpc) is 3.12. The van der Waals surface area contributed by atoms with E-state index in [-0.39, 0.29) is 0 Å². The molecule has 1 N–H and O–H groups in total. The van der Waals surface area contributed by atoms with Crippen molar-refractivity contribution in [2.75, 3.05) is 11.9 Å². The van der Waals surface area contributed by atoms with Crippen molar-refractivity contribution in [3.05, 3.63) is 48.0 Å². The molecule has 5 nitrogen and oxygen atoms in total. The van der Waals surface area contributed by atoms with Crippen LogP contribution in [0.4, 0.5) is 5.82 Å². The summed E-state index contributed by atoms with van der Waals surface area (Å²) in [4.78, 5) is 14.3. The quantitative estimate of drug-likeness (QED) is 0.783. The van der Waals surface area contributed by atoms with Crippen LogP contribution in [0.25, 0.3) is 10.7 Å². The molecule has 6 heteroatoms. The van der Waals surface area contributed by atoms with E-state index in [2.05, 4.69) is 36.3 Å². The van der Waals surface area contributed by atoms with Crippen LogP contribution in [0, 0.1) is 0 Å². The van der Waals surface area contributed by atoms with Crippen molar-refractivity contribution >= 4 is 17.2 Å². The summed E-state index contributed by atoms with van der Waals surface area (Å²) < 4.78 is 2.09. The van der Waals surface area contributed by atoms with Gasteiger partial charge in [-0.05, 0) is 18.4 Å². The molecule has 0 saturated heterocycles. The normalized spacial score (nSPS) is 10.7. The minimum atomic E-state index is 0.673. The maximum atomic E-state index is 4.42. The first kappa shape index (κ1) is 12.8. The predicted octanol–water partition coefficient (Wildman–Crippen LogP) is 2.88. The molecule has 0 aromatic carbocycles. The van der Waals surface area contributed by atoms with Crippen LogP contribution in [0.3, 0.4) is 0 Å². The molecule has 3 heterocycles. The minimum Gasteiger partial charge on any atom is -0.369 e. The van der Waals surface area contributed by atoms with E-state index in [1.54, 1.807) is 23.7 Å². The van der Waals surface area contributed by atoms with E-state index < -0.39 is 0 Å². The van der Waals surface area contributed by atoms with Crippen molar-refractivity contribution < 1.29 is 0 Å². The molecule has 0 unspecified atom stereocenters. The standard InChI is InChI=1S/C14H15N5S/c1-2-15-13-9-17-11(8-18-13)10-19-6-5-16-14(19)12-4-3-7-20-12/h3-9H,2,10H2,1H3,(H,15,18). The first-order valence-electron chi connectivity index (χ1n) is 6.46. The number of imidazole rings is 1. The fourth-order valence-electron chi connectivity index (χ4n) is 1.95. The van der Waals surface area contributed by atoms with E-state index in [0.717, 1.165) is 28.8 Å². The van der Waals surface area contributed by atoms with Gasteiger partial charge in [-0.3, -0.25) is 4.98 Å². The third-order valence-corrected chi connectivity index (χ3v) is 3.72. The minimum absolute atomic E-state index is 0.673. The second kappa shape index (κ2) is 5.83. The van der Waals surface area contributed by atoms with E-state index >= 15 is 0 Å². The molecule has 102 valence electrons. The van der Waals surface area contributed by atoms with E-state index in [0.29, 0.717) is 6.54 Å². The molecule has 0 saturated carbocycles. The van der Waals surface area contributed by atoms with Gasteiger partial charge in [0.25, 0.3) is 0 Å². The molecule has 0 amide bonds. The fraction of sp³-hybridized carbons (Fsp3) is 0.214. The Bertz CT molecular complexity index is 657. The highest BCUT2D eigenvalue weighted by atomic mass is 32.1. The van der Waals surface area contributed by atoms with Gasteiger partial charge in [-0.15, -0.1) is 11.3 Å². The van der Waals surface area contributed by atoms with E-state index in [9.17, 15) is 0 Å². The Morgan fingerprint density at radius 1 is 1.25 bits per heavy atom. The van der Waals surface area contributed by atoms with Gasteiger partial charge in [0.2, 0.25) is 0 Å². The van der Waals surface area contributed by atoms with Crippen molar-refractivity contribution in [3.63, 3.8) is 0 Å². The summed E-state index contributed by atoms with van der Waals surface area (Å²) in [5.41, 5.74) is 0.919. The summed E-state index contributed by atoms with van der Waals surface area (Å²) in [5, 5.41) is 5.19. The molecule has 0 spiro atoms. The van der Waals surface area contributed by atoms with Gasteiger partial charge >= 0.3 is 0 Å². The summed E-state index contributed by atoms with van der Waals surface area (Å²) in [6.07, 6.45) is 7.35. The largest absolute Gasteiger partial charge is 0.369 e. The Hall–Kier alpha value is -2.21. The van der Waals surface area contributed by atoms with E-state index in [4.69, 9.17) is 0 Å². The lowest BCUT2D eigenvalue weighted by Gasteiger charge is -2.07. The molecule has 0 aliphatic rings. The number of nitrogens with one attached hydrogen (secondary N) is 1. The number of hydrogen-bond acceptors (Lipinski definition) is 5. The zero-order valence-corrected chi connectivity index (χ0v) is 12.0. The zero-order valence-electron chi connectivity index (χ0n) is 11.2. The second-order valence-corrected chi connectivity index (χ2v) is 5.23. The molecule has 0 aliphatic carbocycles. The second-order valence-electron chi connectivity index (χ2n) is 4.28. The van der Waals surface area contributed by atoms with Crippen molar-refractivity contribution in [2.45, 2.75) is 13.5 Å². The predicted molar refractivity (Wildman–Crippen MR) is 80.8 cm³/mol. The lowest BCUT2D eigenvalue weighted by molar-refractivity contribution is 0.777. The molecule has 0 aliphatic heterocycles. The van der Waals surface area contributed by atoms with Crippen LogP contribution in [0.15, 0.2) is 42.3 Å². The van der Waals surface area contributed by atoms with Crippen molar-refractivity contribution in [1.82, 2.24) is 19.5 Å². The summed E-state index contributed by atoms with van der Waals surface area (Å²) in [5.74, 6) is 1.78. The first-order valence-corrected chi connectivity index (χ1v) is 7.34. The number of hydrogen-bond donors (Lipinski definition) is 1. The highest BCUT2D eigenvalue weighted by Gasteiger charge is 2.08. The van der Waals surface area contributed by atoms with Gasteiger partial charge in [-0.1, -0.05) is 6.07 Å². The summed E-state index contributed by atoms with van der Waals surface area (Å²) >= 11 is 1.69. The molecule has 3 aromatic rings. The number of thiophene rings is 1. The Morgan fingerprint density at radius 3 is 2.90 bits per heavy atom. The van der Waals surface area contributed by atoms with Gasteiger partial charge in [-0.2, -0.15) is 0 Å². The van der Waals surface area contributed by atoms with Gasteiger partial charge in [0, 0.05) is 18.9 Å². The zero-order chi connectivity index (χ0) is 13.8. The number of aromatic nitrogens is 4. The van der Waals surface area contributed by atoms with Crippen LogP contribution >= 0.6 is 11.3 Å². The van der Waals surface area contributed by atoms with Crippen LogP contribution in [-0.4, -0.2) is 26.1 Å². The van der Waals surface area contributed by atoms with Gasteiger partial charge < -0.3 is 9.88 Å². The summed E-state index contributed by atoms with van der Waals surface area (Å²) in [6, 6.07) is 4.10. The number of anilines is 1. The number of rotatable bonds is 5. The molecular weight excluding hydrogens is 270 g/mol. The van der Waals surface area contributed by atoms with Crippen LogP contribution in [0.5, 0.6) is 0 Å². The van der Waals surface area contributed by atoms with Gasteiger partial charge in [0.15, 0.2) is 0 Å². The lowest BCUT2D eigenvalue weighted by Crippen LogP contribution is -2.05. The molecular formula is C14H15N5S. The first-order chi connectivity index (χ1) is 9.86. The Labute approximate surface area is 121 Å².